The number of rotatable bonds is 6. The Hall–Kier alpha value is -2.78. The van der Waals surface area contributed by atoms with Crippen LogP contribution in [0.15, 0.2) is 52.0 Å². The minimum absolute atomic E-state index is 0.173. The molecule has 0 unspecified atom stereocenters. The lowest BCUT2D eigenvalue weighted by Gasteiger charge is -2.07. The first-order valence-electron chi connectivity index (χ1n) is 6.58. The Morgan fingerprint density at radius 3 is 2.74 bits per heavy atom. The zero-order valence-corrected chi connectivity index (χ0v) is 13.6. The van der Waals surface area contributed by atoms with Crippen molar-refractivity contribution in [1.29, 1.82) is 0 Å². The molecule has 0 heterocycles. The summed E-state index contributed by atoms with van der Waals surface area (Å²) < 4.78 is 6.33. The molecule has 23 heavy (non-hydrogen) atoms. The van der Waals surface area contributed by atoms with Gasteiger partial charge in [0.25, 0.3) is 0 Å². The van der Waals surface area contributed by atoms with E-state index in [4.69, 9.17) is 16.3 Å². The quantitative estimate of drug-likeness (QED) is 0.461. The number of hydrogen-bond acceptors (Lipinski definition) is 4. The van der Waals surface area contributed by atoms with E-state index >= 15 is 0 Å². The molecule has 0 aromatic heterocycles. The molecule has 0 bridgehead atoms. The second kappa shape index (κ2) is 8.01. The maximum atomic E-state index is 10.8. The van der Waals surface area contributed by atoms with Crippen LogP contribution in [-0.4, -0.2) is 23.9 Å². The first kappa shape index (κ1) is 16.6. The molecule has 2 aromatic carbocycles. The predicted molar refractivity (Wildman–Crippen MR) is 93.1 cm³/mol. The molecular weight excluding hydrogens is 360 g/mol. The molecule has 0 radical (unpaired) electrons. The Kier molecular flexibility index (Phi) is 5.78. The summed E-state index contributed by atoms with van der Waals surface area (Å²) in [5.41, 5.74) is 4.47. The van der Waals surface area contributed by atoms with E-state index in [1.165, 1.54) is 12.1 Å². The van der Waals surface area contributed by atoms with Gasteiger partial charge in [-0.15, -0.1) is 6.42 Å². The molecule has 6 heteroatoms. The molecular formula is C17H13BrN2O3. The average Bonchev–Trinajstić information content (AvgIpc) is 2.54. The molecule has 0 saturated carbocycles. The fraction of sp³-hybridized carbons (Fsp3) is 0.0588. The van der Waals surface area contributed by atoms with Crippen molar-refractivity contribution in [3.05, 3.63) is 58.1 Å². The SMILES string of the molecule is C#CCOc1ccc(Br)cc1/C=N\Nc1ccc(C(=O)O)cc1. The number of benzene rings is 2. The third-order valence-electron chi connectivity index (χ3n) is 2.81. The van der Waals surface area contributed by atoms with E-state index in [2.05, 4.69) is 32.4 Å². The Morgan fingerprint density at radius 1 is 1.35 bits per heavy atom. The van der Waals surface area contributed by atoms with Crippen molar-refractivity contribution in [3.8, 4) is 18.1 Å². The minimum atomic E-state index is -0.968. The van der Waals surface area contributed by atoms with Gasteiger partial charge in [-0.1, -0.05) is 21.9 Å². The highest BCUT2D eigenvalue weighted by molar-refractivity contribution is 9.10. The fourth-order valence-electron chi connectivity index (χ4n) is 1.73. The van der Waals surface area contributed by atoms with Gasteiger partial charge >= 0.3 is 5.97 Å². The standard InChI is InChI=1S/C17H13BrN2O3/c1-2-9-23-16-8-5-14(18)10-13(16)11-19-20-15-6-3-12(4-7-15)17(21)22/h1,3-8,10-11,20H,9H2,(H,21,22)/b19-11-. The van der Waals surface area contributed by atoms with Gasteiger partial charge in [0.2, 0.25) is 0 Å². The molecule has 0 aliphatic rings. The van der Waals surface area contributed by atoms with Gasteiger partial charge in [-0.2, -0.15) is 5.10 Å². The molecule has 0 spiro atoms. The molecule has 0 aliphatic heterocycles. The van der Waals surface area contributed by atoms with Crippen LogP contribution in [-0.2, 0) is 0 Å². The van der Waals surface area contributed by atoms with Crippen LogP contribution in [0, 0.1) is 12.3 Å². The van der Waals surface area contributed by atoms with Gasteiger partial charge in [0.15, 0.2) is 0 Å². The van der Waals surface area contributed by atoms with Gasteiger partial charge < -0.3 is 9.84 Å². The van der Waals surface area contributed by atoms with Crippen LogP contribution in [0.3, 0.4) is 0 Å². The summed E-state index contributed by atoms with van der Waals surface area (Å²) in [7, 11) is 0. The highest BCUT2D eigenvalue weighted by atomic mass is 79.9. The maximum Gasteiger partial charge on any atom is 0.335 e. The van der Waals surface area contributed by atoms with Crippen molar-refractivity contribution >= 4 is 33.8 Å². The van der Waals surface area contributed by atoms with E-state index in [9.17, 15) is 4.79 Å². The van der Waals surface area contributed by atoms with Gasteiger partial charge in [-0.05, 0) is 42.5 Å². The van der Waals surface area contributed by atoms with Crippen LogP contribution in [0.1, 0.15) is 15.9 Å². The highest BCUT2D eigenvalue weighted by Crippen LogP contribution is 2.22. The minimum Gasteiger partial charge on any atom is -0.480 e. The van der Waals surface area contributed by atoms with Gasteiger partial charge in [0.05, 0.1) is 17.5 Å². The van der Waals surface area contributed by atoms with Gasteiger partial charge in [0, 0.05) is 10.0 Å². The monoisotopic (exact) mass is 372 g/mol. The van der Waals surface area contributed by atoms with Crippen molar-refractivity contribution in [3.63, 3.8) is 0 Å². The number of nitrogens with one attached hydrogen (secondary N) is 1. The van der Waals surface area contributed by atoms with Crippen LogP contribution in [0.25, 0.3) is 0 Å². The Labute approximate surface area is 142 Å². The topological polar surface area (TPSA) is 70.9 Å². The summed E-state index contributed by atoms with van der Waals surface area (Å²) in [5.74, 6) is 2.07. The average molecular weight is 373 g/mol. The molecule has 2 aromatic rings. The summed E-state index contributed by atoms with van der Waals surface area (Å²) in [6.07, 6.45) is 6.79. The molecule has 0 amide bonds. The maximum absolute atomic E-state index is 10.8. The van der Waals surface area contributed by atoms with Crippen molar-refractivity contribution in [2.24, 2.45) is 5.10 Å². The Morgan fingerprint density at radius 2 is 2.09 bits per heavy atom. The largest absolute Gasteiger partial charge is 0.480 e. The first-order valence-corrected chi connectivity index (χ1v) is 7.37. The molecule has 0 atom stereocenters. The zero-order valence-electron chi connectivity index (χ0n) is 12.0. The van der Waals surface area contributed by atoms with E-state index in [0.717, 1.165) is 10.0 Å². The number of aromatic carboxylic acids is 1. The third-order valence-corrected chi connectivity index (χ3v) is 3.31. The second-order valence-corrected chi connectivity index (χ2v) is 5.34. The normalized spacial score (nSPS) is 10.3. The number of nitrogens with zero attached hydrogens (tertiary/aromatic N) is 1. The summed E-state index contributed by atoms with van der Waals surface area (Å²) >= 11 is 3.39. The number of hydrazone groups is 1. The van der Waals surface area contributed by atoms with E-state index in [1.54, 1.807) is 24.4 Å². The zero-order chi connectivity index (χ0) is 16.7. The summed E-state index contributed by atoms with van der Waals surface area (Å²) in [6.45, 7) is 0.173. The van der Waals surface area contributed by atoms with Crippen molar-refractivity contribution < 1.29 is 14.6 Å². The van der Waals surface area contributed by atoms with E-state index < -0.39 is 5.97 Å². The number of carboxylic acids is 1. The van der Waals surface area contributed by atoms with Gasteiger partial charge in [-0.25, -0.2) is 4.79 Å². The number of anilines is 1. The van der Waals surface area contributed by atoms with E-state index in [0.29, 0.717) is 11.4 Å². The number of terminal acetylenes is 1. The second-order valence-electron chi connectivity index (χ2n) is 4.43. The summed E-state index contributed by atoms with van der Waals surface area (Å²) in [4.78, 5) is 10.8. The lowest BCUT2D eigenvalue weighted by molar-refractivity contribution is 0.0697. The van der Waals surface area contributed by atoms with Crippen molar-refractivity contribution in [1.82, 2.24) is 0 Å². The van der Waals surface area contributed by atoms with Crippen LogP contribution in [0.2, 0.25) is 0 Å². The molecule has 116 valence electrons. The molecule has 2 rings (SSSR count). The third kappa shape index (κ3) is 4.87. The van der Waals surface area contributed by atoms with E-state index in [1.807, 2.05) is 12.1 Å². The lowest BCUT2D eigenvalue weighted by atomic mass is 10.2. The number of ether oxygens (including phenoxy) is 1. The number of halogens is 1. The van der Waals surface area contributed by atoms with Gasteiger partial charge in [0.1, 0.15) is 12.4 Å². The molecule has 2 N–H and O–H groups in total. The summed E-state index contributed by atoms with van der Waals surface area (Å²) in [5, 5.41) is 13.0. The molecule has 0 fully saturated rings. The van der Waals surface area contributed by atoms with Crippen LogP contribution >= 0.6 is 15.9 Å². The van der Waals surface area contributed by atoms with Crippen molar-refractivity contribution in [2.45, 2.75) is 0 Å². The van der Waals surface area contributed by atoms with Crippen molar-refractivity contribution in [2.75, 3.05) is 12.0 Å². The molecule has 5 nitrogen and oxygen atoms in total. The van der Waals surface area contributed by atoms with Crippen LogP contribution < -0.4 is 10.2 Å². The number of carboxylic acid groups (broad SMARTS) is 1. The predicted octanol–water partition coefficient (Wildman–Crippen LogP) is 3.61. The molecule has 0 saturated heterocycles. The Bertz CT molecular complexity index is 764. The molecule has 0 aliphatic carbocycles. The van der Waals surface area contributed by atoms with Crippen LogP contribution in [0.5, 0.6) is 5.75 Å². The van der Waals surface area contributed by atoms with E-state index in [-0.39, 0.29) is 12.2 Å². The summed E-state index contributed by atoms with van der Waals surface area (Å²) in [6, 6.07) is 11.8. The first-order chi connectivity index (χ1) is 11.1. The number of hydrogen-bond donors (Lipinski definition) is 2. The lowest BCUT2D eigenvalue weighted by Crippen LogP contribution is -1.99. The smallest absolute Gasteiger partial charge is 0.335 e. The highest BCUT2D eigenvalue weighted by Gasteiger charge is 2.03. The Balaban J connectivity index is 2.09. The van der Waals surface area contributed by atoms with Gasteiger partial charge in [-0.3, -0.25) is 5.43 Å². The van der Waals surface area contributed by atoms with Crippen LogP contribution in [0.4, 0.5) is 5.69 Å². The fourth-order valence-corrected chi connectivity index (χ4v) is 2.11. The number of carbonyl (C=O) groups is 1.